The van der Waals surface area contributed by atoms with Crippen LogP contribution in [0.1, 0.15) is 30.4 Å². The first-order chi connectivity index (χ1) is 8.55. The SMILES string of the molecule is COc1cc(OC)c(C)c(C2(C(=O)O)CCC2)c1. The van der Waals surface area contributed by atoms with E-state index in [9.17, 15) is 9.90 Å². The molecule has 0 amide bonds. The second-order valence-electron chi connectivity index (χ2n) is 4.74. The Hall–Kier alpha value is -1.71. The van der Waals surface area contributed by atoms with E-state index in [4.69, 9.17) is 9.47 Å². The standard InChI is InChI=1S/C14H18O4/c1-9-11(14(13(15)16)5-4-6-14)7-10(17-2)8-12(9)18-3/h7-8H,4-6H2,1-3H3,(H,15,16). The lowest BCUT2D eigenvalue weighted by molar-refractivity contribution is -0.147. The van der Waals surface area contributed by atoms with Gasteiger partial charge in [-0.3, -0.25) is 4.79 Å². The summed E-state index contributed by atoms with van der Waals surface area (Å²) >= 11 is 0. The van der Waals surface area contributed by atoms with Gasteiger partial charge in [0.15, 0.2) is 0 Å². The van der Waals surface area contributed by atoms with E-state index >= 15 is 0 Å². The average Bonchev–Trinajstić information content (AvgIpc) is 2.29. The number of carboxylic acids is 1. The van der Waals surface area contributed by atoms with Crippen LogP contribution in [0.5, 0.6) is 11.5 Å². The monoisotopic (exact) mass is 250 g/mol. The fraction of sp³-hybridized carbons (Fsp3) is 0.500. The Bertz CT molecular complexity index is 475. The van der Waals surface area contributed by atoms with Crippen LogP contribution in [0, 0.1) is 6.92 Å². The third-order valence-electron chi connectivity index (χ3n) is 3.92. The number of ether oxygens (including phenoxy) is 2. The highest BCUT2D eigenvalue weighted by Crippen LogP contribution is 2.47. The van der Waals surface area contributed by atoms with Crippen LogP contribution in [0.2, 0.25) is 0 Å². The minimum atomic E-state index is -0.758. The molecule has 18 heavy (non-hydrogen) atoms. The van der Waals surface area contributed by atoms with Gasteiger partial charge in [-0.1, -0.05) is 6.42 Å². The summed E-state index contributed by atoms with van der Waals surface area (Å²) in [6, 6.07) is 3.61. The van der Waals surface area contributed by atoms with Crippen molar-refractivity contribution < 1.29 is 19.4 Å². The van der Waals surface area contributed by atoms with Crippen LogP contribution in [-0.2, 0) is 10.2 Å². The summed E-state index contributed by atoms with van der Waals surface area (Å²) in [6.45, 7) is 1.90. The Morgan fingerprint density at radius 2 is 1.94 bits per heavy atom. The summed E-state index contributed by atoms with van der Waals surface area (Å²) in [7, 11) is 3.15. The van der Waals surface area contributed by atoms with Gasteiger partial charge in [-0.05, 0) is 37.0 Å². The Morgan fingerprint density at radius 3 is 2.33 bits per heavy atom. The van der Waals surface area contributed by atoms with Gasteiger partial charge < -0.3 is 14.6 Å². The maximum atomic E-state index is 11.6. The predicted octanol–water partition coefficient (Wildman–Crippen LogP) is 2.52. The van der Waals surface area contributed by atoms with Crippen LogP contribution in [0.3, 0.4) is 0 Å². The van der Waals surface area contributed by atoms with Crippen LogP contribution in [0.25, 0.3) is 0 Å². The second-order valence-corrected chi connectivity index (χ2v) is 4.74. The molecule has 0 atom stereocenters. The van der Waals surface area contributed by atoms with E-state index in [1.165, 1.54) is 0 Å². The van der Waals surface area contributed by atoms with E-state index in [0.717, 1.165) is 17.5 Å². The highest BCUT2D eigenvalue weighted by molar-refractivity contribution is 5.83. The number of methoxy groups -OCH3 is 2. The molecule has 98 valence electrons. The molecular formula is C14H18O4. The highest BCUT2D eigenvalue weighted by atomic mass is 16.5. The van der Waals surface area contributed by atoms with Crippen molar-refractivity contribution in [2.24, 2.45) is 0 Å². The molecule has 1 aromatic carbocycles. The molecule has 0 unspecified atom stereocenters. The average molecular weight is 250 g/mol. The van der Waals surface area contributed by atoms with E-state index in [2.05, 4.69) is 0 Å². The van der Waals surface area contributed by atoms with Gasteiger partial charge >= 0.3 is 5.97 Å². The molecule has 0 saturated heterocycles. The first-order valence-corrected chi connectivity index (χ1v) is 6.01. The summed E-state index contributed by atoms with van der Waals surface area (Å²) in [5, 5.41) is 9.51. The van der Waals surface area contributed by atoms with Crippen LogP contribution >= 0.6 is 0 Å². The van der Waals surface area contributed by atoms with Crippen molar-refractivity contribution in [1.82, 2.24) is 0 Å². The van der Waals surface area contributed by atoms with Gasteiger partial charge in [0.2, 0.25) is 0 Å². The molecule has 1 aliphatic rings. The first kappa shape index (κ1) is 12.7. The molecule has 4 heteroatoms. The molecule has 1 aliphatic carbocycles. The molecule has 0 aliphatic heterocycles. The minimum absolute atomic E-state index is 0.639. The van der Waals surface area contributed by atoms with E-state index < -0.39 is 11.4 Å². The Kier molecular flexibility index (Phi) is 3.20. The third kappa shape index (κ3) is 1.72. The van der Waals surface area contributed by atoms with Gasteiger partial charge in [0.05, 0.1) is 19.6 Å². The maximum absolute atomic E-state index is 11.6. The zero-order valence-corrected chi connectivity index (χ0v) is 10.9. The predicted molar refractivity (Wildman–Crippen MR) is 67.4 cm³/mol. The van der Waals surface area contributed by atoms with Gasteiger partial charge in [-0.15, -0.1) is 0 Å². The van der Waals surface area contributed by atoms with Crippen molar-refractivity contribution in [3.8, 4) is 11.5 Å². The summed E-state index contributed by atoms with van der Waals surface area (Å²) in [5.74, 6) is 0.559. The molecule has 1 aromatic rings. The smallest absolute Gasteiger partial charge is 0.314 e. The molecule has 1 N–H and O–H groups in total. The van der Waals surface area contributed by atoms with E-state index in [0.29, 0.717) is 24.3 Å². The lowest BCUT2D eigenvalue weighted by atomic mass is 9.63. The second kappa shape index (κ2) is 4.52. The topological polar surface area (TPSA) is 55.8 Å². The van der Waals surface area contributed by atoms with Crippen LogP contribution in [0.15, 0.2) is 12.1 Å². The van der Waals surface area contributed by atoms with E-state index in [1.807, 2.05) is 13.0 Å². The minimum Gasteiger partial charge on any atom is -0.497 e. The summed E-state index contributed by atoms with van der Waals surface area (Å²) in [4.78, 5) is 11.6. The lowest BCUT2D eigenvalue weighted by Gasteiger charge is -2.39. The van der Waals surface area contributed by atoms with Crippen molar-refractivity contribution in [2.45, 2.75) is 31.6 Å². The molecule has 0 bridgehead atoms. The number of carbonyl (C=O) groups is 1. The Labute approximate surface area is 107 Å². The fourth-order valence-corrected chi connectivity index (χ4v) is 2.62. The van der Waals surface area contributed by atoms with Gasteiger partial charge in [-0.2, -0.15) is 0 Å². The van der Waals surface area contributed by atoms with Crippen molar-refractivity contribution in [3.63, 3.8) is 0 Å². The van der Waals surface area contributed by atoms with Crippen LogP contribution < -0.4 is 9.47 Å². The molecule has 2 rings (SSSR count). The summed E-state index contributed by atoms with van der Waals surface area (Å²) < 4.78 is 10.5. The first-order valence-electron chi connectivity index (χ1n) is 6.01. The zero-order chi connectivity index (χ0) is 13.3. The molecule has 0 radical (unpaired) electrons. The summed E-state index contributed by atoms with van der Waals surface area (Å²) in [5.41, 5.74) is 0.948. The maximum Gasteiger partial charge on any atom is 0.314 e. The molecule has 1 fully saturated rings. The largest absolute Gasteiger partial charge is 0.497 e. The Balaban J connectivity index is 2.58. The molecular weight excluding hydrogens is 232 g/mol. The van der Waals surface area contributed by atoms with Gasteiger partial charge in [0.1, 0.15) is 11.5 Å². The highest BCUT2D eigenvalue weighted by Gasteiger charge is 2.47. The Morgan fingerprint density at radius 1 is 1.28 bits per heavy atom. The van der Waals surface area contributed by atoms with Gasteiger partial charge in [0.25, 0.3) is 0 Å². The normalized spacial score (nSPS) is 16.8. The van der Waals surface area contributed by atoms with Gasteiger partial charge in [0, 0.05) is 6.07 Å². The number of rotatable bonds is 4. The number of aliphatic carboxylic acids is 1. The quantitative estimate of drug-likeness (QED) is 0.892. The van der Waals surface area contributed by atoms with Crippen molar-refractivity contribution in [1.29, 1.82) is 0 Å². The molecule has 0 spiro atoms. The van der Waals surface area contributed by atoms with Gasteiger partial charge in [-0.25, -0.2) is 0 Å². The van der Waals surface area contributed by atoms with Crippen molar-refractivity contribution in [2.75, 3.05) is 14.2 Å². The number of carboxylic acid groups (broad SMARTS) is 1. The zero-order valence-electron chi connectivity index (χ0n) is 10.9. The van der Waals surface area contributed by atoms with E-state index in [1.54, 1.807) is 20.3 Å². The number of benzene rings is 1. The molecule has 1 saturated carbocycles. The van der Waals surface area contributed by atoms with E-state index in [-0.39, 0.29) is 0 Å². The van der Waals surface area contributed by atoms with Crippen LogP contribution in [0.4, 0.5) is 0 Å². The molecule has 0 aromatic heterocycles. The number of hydrogen-bond acceptors (Lipinski definition) is 3. The molecule has 0 heterocycles. The van der Waals surface area contributed by atoms with Crippen molar-refractivity contribution in [3.05, 3.63) is 23.3 Å². The lowest BCUT2D eigenvalue weighted by Crippen LogP contribution is -2.42. The fourth-order valence-electron chi connectivity index (χ4n) is 2.62. The summed E-state index contributed by atoms with van der Waals surface area (Å²) in [6.07, 6.45) is 2.31. The number of hydrogen-bond donors (Lipinski definition) is 1. The van der Waals surface area contributed by atoms with Crippen LogP contribution in [-0.4, -0.2) is 25.3 Å². The molecule has 4 nitrogen and oxygen atoms in total. The third-order valence-corrected chi connectivity index (χ3v) is 3.92. The van der Waals surface area contributed by atoms with Crippen molar-refractivity contribution >= 4 is 5.97 Å².